The van der Waals surface area contributed by atoms with Gasteiger partial charge in [0.2, 0.25) is 10.0 Å². The number of fused-ring (bicyclic) bond motifs is 1. The van der Waals surface area contributed by atoms with Crippen molar-refractivity contribution in [2.24, 2.45) is 0 Å². The number of hydrogen-bond acceptors (Lipinski definition) is 6. The molecular formula is C22H23FN2O4S2. The fourth-order valence-corrected chi connectivity index (χ4v) is 7.32. The van der Waals surface area contributed by atoms with Crippen molar-refractivity contribution >= 4 is 43.1 Å². The molecule has 6 nitrogen and oxygen atoms in total. The van der Waals surface area contributed by atoms with Gasteiger partial charge in [0.15, 0.2) is 0 Å². The third kappa shape index (κ3) is 3.81. The van der Waals surface area contributed by atoms with Gasteiger partial charge in [-0.3, -0.25) is 0 Å². The van der Waals surface area contributed by atoms with Crippen LogP contribution in [0.4, 0.5) is 10.1 Å². The zero-order chi connectivity index (χ0) is 22.3. The van der Waals surface area contributed by atoms with Crippen LogP contribution in [0.1, 0.15) is 22.2 Å². The molecule has 164 valence electrons. The summed E-state index contributed by atoms with van der Waals surface area (Å²) in [5.41, 5.74) is 2.16. The van der Waals surface area contributed by atoms with Crippen molar-refractivity contribution in [2.45, 2.75) is 24.8 Å². The maximum absolute atomic E-state index is 14.7. The number of piperazine rings is 1. The van der Waals surface area contributed by atoms with Crippen LogP contribution in [0.25, 0.3) is 10.1 Å². The molecule has 1 aliphatic heterocycles. The number of rotatable bonds is 4. The second-order valence-corrected chi connectivity index (χ2v) is 10.5. The number of anilines is 1. The smallest absolute Gasteiger partial charge is 0.349 e. The summed E-state index contributed by atoms with van der Waals surface area (Å²) in [6, 6.07) is 12.3. The van der Waals surface area contributed by atoms with E-state index in [1.54, 1.807) is 6.07 Å². The van der Waals surface area contributed by atoms with Crippen LogP contribution in [0, 0.1) is 12.7 Å². The first-order chi connectivity index (χ1) is 14.7. The predicted octanol–water partition coefficient (Wildman–Crippen LogP) is 4.03. The van der Waals surface area contributed by atoms with Crippen molar-refractivity contribution in [1.82, 2.24) is 4.31 Å². The number of hydrogen-bond donors (Lipinski definition) is 0. The molecule has 1 atom stereocenters. The molecule has 4 rings (SSSR count). The Balaban J connectivity index is 1.73. The number of carbonyl (C=O) groups is 1. The van der Waals surface area contributed by atoms with Gasteiger partial charge in [-0.15, -0.1) is 11.3 Å². The Morgan fingerprint density at radius 1 is 1.19 bits per heavy atom. The second-order valence-electron chi connectivity index (χ2n) is 7.61. The SMILES string of the molecule is COC(=O)c1sc2cccc(F)c2c1S(=O)(=O)N1CCN(c2cccc(C)c2)[C@@H](C)C1. The van der Waals surface area contributed by atoms with Crippen molar-refractivity contribution < 1.29 is 22.3 Å². The van der Waals surface area contributed by atoms with Crippen LogP contribution in [-0.4, -0.2) is 51.5 Å². The van der Waals surface area contributed by atoms with Gasteiger partial charge >= 0.3 is 5.97 Å². The van der Waals surface area contributed by atoms with E-state index in [2.05, 4.69) is 11.0 Å². The normalized spacial score (nSPS) is 17.8. The van der Waals surface area contributed by atoms with Crippen molar-refractivity contribution in [3.63, 3.8) is 0 Å². The number of sulfonamides is 1. The Labute approximate surface area is 184 Å². The van der Waals surface area contributed by atoms with E-state index < -0.39 is 21.8 Å². The first-order valence-electron chi connectivity index (χ1n) is 9.87. The van der Waals surface area contributed by atoms with Gasteiger partial charge in [-0.2, -0.15) is 4.31 Å². The van der Waals surface area contributed by atoms with Crippen molar-refractivity contribution in [3.05, 3.63) is 58.7 Å². The monoisotopic (exact) mass is 462 g/mol. The van der Waals surface area contributed by atoms with Crippen LogP contribution in [0.15, 0.2) is 47.4 Å². The van der Waals surface area contributed by atoms with Crippen LogP contribution in [-0.2, 0) is 14.8 Å². The number of benzene rings is 2. The molecule has 0 saturated carbocycles. The molecule has 0 bridgehead atoms. The Bertz CT molecular complexity index is 1260. The van der Waals surface area contributed by atoms with Gasteiger partial charge < -0.3 is 9.64 Å². The fourth-order valence-electron chi connectivity index (χ4n) is 4.01. The van der Waals surface area contributed by atoms with Crippen LogP contribution in [0.5, 0.6) is 0 Å². The van der Waals surface area contributed by atoms with Gasteiger partial charge in [0.1, 0.15) is 15.6 Å². The molecule has 0 aliphatic carbocycles. The first-order valence-corrected chi connectivity index (χ1v) is 12.1. The Morgan fingerprint density at radius 2 is 1.94 bits per heavy atom. The number of halogens is 1. The molecule has 9 heteroatoms. The summed E-state index contributed by atoms with van der Waals surface area (Å²) in [6.07, 6.45) is 0. The van der Waals surface area contributed by atoms with Gasteiger partial charge in [0.25, 0.3) is 0 Å². The lowest BCUT2D eigenvalue weighted by molar-refractivity contribution is 0.0602. The third-order valence-corrected chi connectivity index (χ3v) is 8.71. The number of aryl methyl sites for hydroxylation is 1. The van der Waals surface area contributed by atoms with E-state index in [0.717, 1.165) is 22.6 Å². The number of ether oxygens (including phenoxy) is 1. The molecule has 1 fully saturated rings. The van der Waals surface area contributed by atoms with Crippen molar-refractivity contribution in [2.75, 3.05) is 31.6 Å². The third-order valence-electron chi connectivity index (χ3n) is 5.51. The number of thiophene rings is 1. The molecular weight excluding hydrogens is 439 g/mol. The molecule has 0 radical (unpaired) electrons. The zero-order valence-electron chi connectivity index (χ0n) is 17.5. The maximum Gasteiger partial charge on any atom is 0.349 e. The topological polar surface area (TPSA) is 66.9 Å². The summed E-state index contributed by atoms with van der Waals surface area (Å²) in [5.74, 6) is -1.46. The molecule has 0 amide bonds. The van der Waals surface area contributed by atoms with E-state index in [9.17, 15) is 17.6 Å². The number of nitrogens with zero attached hydrogens (tertiary/aromatic N) is 2. The first kappa shape index (κ1) is 21.7. The lowest BCUT2D eigenvalue weighted by Gasteiger charge is -2.40. The molecule has 3 aromatic rings. The van der Waals surface area contributed by atoms with E-state index in [1.165, 1.54) is 23.5 Å². The number of esters is 1. The molecule has 2 aromatic carbocycles. The summed E-state index contributed by atoms with van der Waals surface area (Å²) in [4.78, 5) is 14.1. The molecule has 2 heterocycles. The van der Waals surface area contributed by atoms with E-state index in [1.807, 2.05) is 32.0 Å². The average Bonchev–Trinajstić information content (AvgIpc) is 3.15. The highest BCUT2D eigenvalue weighted by atomic mass is 32.2. The number of carbonyl (C=O) groups excluding carboxylic acids is 1. The van der Waals surface area contributed by atoms with E-state index >= 15 is 0 Å². The minimum atomic E-state index is -4.12. The highest BCUT2D eigenvalue weighted by molar-refractivity contribution is 7.89. The molecule has 31 heavy (non-hydrogen) atoms. The molecule has 0 N–H and O–H groups in total. The minimum absolute atomic E-state index is 0.0540. The lowest BCUT2D eigenvalue weighted by Crippen LogP contribution is -2.53. The van der Waals surface area contributed by atoms with Crippen LogP contribution >= 0.6 is 11.3 Å². The summed E-state index contributed by atoms with van der Waals surface area (Å²) in [7, 11) is -2.94. The largest absolute Gasteiger partial charge is 0.465 e. The zero-order valence-corrected chi connectivity index (χ0v) is 19.1. The summed E-state index contributed by atoms with van der Waals surface area (Å²) >= 11 is 0.931. The molecule has 0 unspecified atom stereocenters. The quantitative estimate of drug-likeness (QED) is 0.548. The van der Waals surface area contributed by atoms with E-state index in [0.29, 0.717) is 11.2 Å². The van der Waals surface area contributed by atoms with E-state index in [-0.39, 0.29) is 34.3 Å². The van der Waals surface area contributed by atoms with Crippen LogP contribution < -0.4 is 4.90 Å². The fraction of sp³-hybridized carbons (Fsp3) is 0.318. The van der Waals surface area contributed by atoms with Crippen LogP contribution in [0.3, 0.4) is 0 Å². The average molecular weight is 463 g/mol. The highest BCUT2D eigenvalue weighted by Crippen LogP contribution is 2.39. The minimum Gasteiger partial charge on any atom is -0.465 e. The Hall–Kier alpha value is -2.49. The molecule has 1 aliphatic rings. The Kier molecular flexibility index (Phi) is 5.76. The number of methoxy groups -OCH3 is 1. The van der Waals surface area contributed by atoms with Crippen molar-refractivity contribution in [1.29, 1.82) is 0 Å². The lowest BCUT2D eigenvalue weighted by atomic mass is 10.1. The van der Waals surface area contributed by atoms with E-state index in [4.69, 9.17) is 4.74 Å². The predicted molar refractivity (Wildman–Crippen MR) is 120 cm³/mol. The van der Waals surface area contributed by atoms with Crippen molar-refractivity contribution in [3.8, 4) is 0 Å². The summed E-state index contributed by atoms with van der Waals surface area (Å²) in [5, 5.41) is -0.0540. The Morgan fingerprint density at radius 3 is 2.61 bits per heavy atom. The van der Waals surface area contributed by atoms with Gasteiger partial charge in [-0.05, 0) is 43.7 Å². The van der Waals surface area contributed by atoms with Gasteiger partial charge in [0, 0.05) is 41.4 Å². The molecule has 1 aromatic heterocycles. The standard InChI is InChI=1S/C22H23FN2O4S2/c1-14-6-4-7-16(12-14)25-11-10-24(13-15(25)2)31(27,28)21-19-17(23)8-5-9-18(19)30-20(21)22(26)29-3/h4-9,12,15H,10-11,13H2,1-3H3/t15-/m0/s1. The maximum atomic E-state index is 14.7. The second kappa shape index (κ2) is 8.22. The highest BCUT2D eigenvalue weighted by Gasteiger charge is 2.38. The summed E-state index contributed by atoms with van der Waals surface area (Å²) in [6.45, 7) is 4.91. The summed E-state index contributed by atoms with van der Waals surface area (Å²) < 4.78 is 48.5. The molecule has 1 saturated heterocycles. The van der Waals surface area contributed by atoms with Gasteiger partial charge in [-0.1, -0.05) is 18.2 Å². The molecule has 0 spiro atoms. The van der Waals surface area contributed by atoms with Gasteiger partial charge in [-0.25, -0.2) is 17.6 Å². The van der Waals surface area contributed by atoms with Gasteiger partial charge in [0.05, 0.1) is 7.11 Å². The van der Waals surface area contributed by atoms with Crippen LogP contribution in [0.2, 0.25) is 0 Å².